The molecule has 2 aromatic heterocycles. The van der Waals surface area contributed by atoms with Crippen molar-refractivity contribution in [2.24, 2.45) is 0 Å². The van der Waals surface area contributed by atoms with Crippen molar-refractivity contribution in [3.63, 3.8) is 0 Å². The minimum atomic E-state index is -0.0512. The number of benzene rings is 1. The molecule has 0 saturated heterocycles. The molecular formula is C18H19N5O2. The molecule has 25 heavy (non-hydrogen) atoms. The largest absolute Gasteiger partial charge is 0.474 e. The minimum absolute atomic E-state index is 0.0512. The molecule has 128 valence electrons. The third-order valence-electron chi connectivity index (χ3n) is 4.28. The maximum atomic E-state index is 8.90. The Morgan fingerprint density at radius 2 is 2.12 bits per heavy atom. The van der Waals surface area contributed by atoms with E-state index in [4.69, 9.17) is 9.84 Å². The van der Waals surface area contributed by atoms with E-state index in [1.165, 1.54) is 11.1 Å². The molecule has 1 aromatic carbocycles. The van der Waals surface area contributed by atoms with Crippen LogP contribution in [0.15, 0.2) is 55.1 Å². The Balaban J connectivity index is 1.66. The summed E-state index contributed by atoms with van der Waals surface area (Å²) in [5.74, 6) is 1.17. The number of hydrogen-bond donors (Lipinski definition) is 1. The van der Waals surface area contributed by atoms with Crippen LogP contribution in [0.4, 0.5) is 5.82 Å². The van der Waals surface area contributed by atoms with Crippen LogP contribution in [0, 0.1) is 0 Å². The van der Waals surface area contributed by atoms with Crippen LogP contribution in [0.3, 0.4) is 0 Å². The second-order valence-electron chi connectivity index (χ2n) is 5.87. The number of nitrogens with zero attached hydrogens (tertiary/aromatic N) is 5. The third kappa shape index (κ3) is 3.18. The summed E-state index contributed by atoms with van der Waals surface area (Å²) < 4.78 is 7.36. The first kappa shape index (κ1) is 15.6. The molecular weight excluding hydrogens is 318 g/mol. The molecule has 0 radical (unpaired) electrons. The zero-order valence-electron chi connectivity index (χ0n) is 13.7. The highest BCUT2D eigenvalue weighted by atomic mass is 16.5. The third-order valence-corrected chi connectivity index (χ3v) is 4.28. The van der Waals surface area contributed by atoms with Gasteiger partial charge in [0, 0.05) is 25.5 Å². The molecule has 7 heteroatoms. The van der Waals surface area contributed by atoms with E-state index in [2.05, 4.69) is 44.2 Å². The maximum Gasteiger partial charge on any atom is 0.234 e. The number of rotatable bonds is 5. The SMILES string of the molecule is OCCOc1cncc(N2Cc3ccccc3C(n3cccn3)C2)n1. The monoisotopic (exact) mass is 337 g/mol. The molecule has 0 amide bonds. The summed E-state index contributed by atoms with van der Waals surface area (Å²) in [7, 11) is 0. The molecule has 3 heterocycles. The smallest absolute Gasteiger partial charge is 0.234 e. The second kappa shape index (κ2) is 6.90. The number of ether oxygens (including phenoxy) is 1. The molecule has 4 rings (SSSR count). The zero-order chi connectivity index (χ0) is 17.1. The Kier molecular flexibility index (Phi) is 4.30. The highest BCUT2D eigenvalue weighted by Crippen LogP contribution is 2.31. The maximum absolute atomic E-state index is 8.90. The van der Waals surface area contributed by atoms with Crippen LogP contribution in [0.2, 0.25) is 0 Å². The Hall–Kier alpha value is -2.93. The topological polar surface area (TPSA) is 76.3 Å². The number of fused-ring (bicyclic) bond motifs is 1. The molecule has 1 unspecified atom stereocenters. The normalized spacial score (nSPS) is 16.5. The van der Waals surface area contributed by atoms with Gasteiger partial charge in [-0.3, -0.25) is 9.67 Å². The summed E-state index contributed by atoms with van der Waals surface area (Å²) in [6.07, 6.45) is 7.07. The van der Waals surface area contributed by atoms with E-state index in [1.54, 1.807) is 18.6 Å². The van der Waals surface area contributed by atoms with Crippen LogP contribution in [-0.2, 0) is 6.54 Å². The molecule has 3 aromatic rings. The number of aromatic nitrogens is 4. The summed E-state index contributed by atoms with van der Waals surface area (Å²) in [5, 5.41) is 13.3. The van der Waals surface area contributed by atoms with Gasteiger partial charge in [0.1, 0.15) is 6.61 Å². The number of aliphatic hydroxyl groups excluding tert-OH is 1. The van der Waals surface area contributed by atoms with Gasteiger partial charge < -0.3 is 14.7 Å². The molecule has 7 nitrogen and oxygen atoms in total. The van der Waals surface area contributed by atoms with Crippen molar-refractivity contribution in [1.29, 1.82) is 0 Å². The molecule has 1 atom stereocenters. The lowest BCUT2D eigenvalue weighted by Gasteiger charge is -2.35. The van der Waals surface area contributed by atoms with E-state index in [1.807, 2.05) is 16.9 Å². The van der Waals surface area contributed by atoms with Crippen molar-refractivity contribution in [3.8, 4) is 5.88 Å². The van der Waals surface area contributed by atoms with Gasteiger partial charge in [0.05, 0.1) is 25.0 Å². The predicted octanol–water partition coefficient (Wildman–Crippen LogP) is 1.65. The Morgan fingerprint density at radius 1 is 1.20 bits per heavy atom. The molecule has 0 spiro atoms. The molecule has 0 saturated carbocycles. The quantitative estimate of drug-likeness (QED) is 0.763. The molecule has 0 aliphatic carbocycles. The van der Waals surface area contributed by atoms with Gasteiger partial charge in [-0.1, -0.05) is 24.3 Å². The van der Waals surface area contributed by atoms with Gasteiger partial charge in [0.25, 0.3) is 0 Å². The summed E-state index contributed by atoms with van der Waals surface area (Å²) >= 11 is 0. The van der Waals surface area contributed by atoms with E-state index in [-0.39, 0.29) is 19.3 Å². The second-order valence-corrected chi connectivity index (χ2v) is 5.87. The van der Waals surface area contributed by atoms with Crippen LogP contribution >= 0.6 is 0 Å². The van der Waals surface area contributed by atoms with Crippen LogP contribution < -0.4 is 9.64 Å². The van der Waals surface area contributed by atoms with E-state index in [9.17, 15) is 0 Å². The summed E-state index contributed by atoms with van der Waals surface area (Å²) in [4.78, 5) is 10.9. The number of anilines is 1. The highest BCUT2D eigenvalue weighted by Gasteiger charge is 2.27. The zero-order valence-corrected chi connectivity index (χ0v) is 13.7. The molecule has 0 bridgehead atoms. The Bertz CT molecular complexity index is 837. The van der Waals surface area contributed by atoms with E-state index in [0.717, 1.165) is 18.9 Å². The van der Waals surface area contributed by atoms with Crippen LogP contribution in [0.5, 0.6) is 5.88 Å². The van der Waals surface area contributed by atoms with Gasteiger partial charge in [-0.15, -0.1) is 0 Å². The van der Waals surface area contributed by atoms with Crippen LogP contribution in [-0.4, -0.2) is 44.6 Å². The van der Waals surface area contributed by atoms with Crippen molar-refractivity contribution < 1.29 is 9.84 Å². The average molecular weight is 337 g/mol. The van der Waals surface area contributed by atoms with Gasteiger partial charge in [0.15, 0.2) is 5.82 Å². The summed E-state index contributed by atoms with van der Waals surface area (Å²) in [6.45, 7) is 1.66. The standard InChI is InChI=1S/C18H19N5O2/c24-8-9-25-18-11-19-10-17(21-18)22-12-14-4-1-2-5-15(14)16(13-22)23-7-3-6-20-23/h1-7,10-11,16,24H,8-9,12-13H2. The van der Waals surface area contributed by atoms with Gasteiger partial charge in [-0.2, -0.15) is 10.1 Å². The fourth-order valence-corrected chi connectivity index (χ4v) is 3.16. The van der Waals surface area contributed by atoms with E-state index < -0.39 is 0 Å². The first-order chi connectivity index (χ1) is 12.3. The fraction of sp³-hybridized carbons (Fsp3) is 0.278. The van der Waals surface area contributed by atoms with Crippen molar-refractivity contribution in [3.05, 3.63) is 66.2 Å². The Labute approximate surface area is 145 Å². The predicted molar refractivity (Wildman–Crippen MR) is 92.5 cm³/mol. The van der Waals surface area contributed by atoms with Crippen molar-refractivity contribution in [2.75, 3.05) is 24.7 Å². The van der Waals surface area contributed by atoms with Crippen molar-refractivity contribution in [2.45, 2.75) is 12.6 Å². The first-order valence-electron chi connectivity index (χ1n) is 8.23. The number of aliphatic hydroxyl groups is 1. The molecule has 1 N–H and O–H groups in total. The molecule has 0 fully saturated rings. The lowest BCUT2D eigenvalue weighted by Crippen LogP contribution is -2.37. The van der Waals surface area contributed by atoms with E-state index >= 15 is 0 Å². The van der Waals surface area contributed by atoms with Crippen molar-refractivity contribution >= 4 is 5.82 Å². The van der Waals surface area contributed by atoms with Gasteiger partial charge in [-0.25, -0.2) is 0 Å². The fourth-order valence-electron chi connectivity index (χ4n) is 3.16. The highest BCUT2D eigenvalue weighted by molar-refractivity contribution is 5.45. The summed E-state index contributed by atoms with van der Waals surface area (Å²) in [5.41, 5.74) is 2.53. The lowest BCUT2D eigenvalue weighted by atomic mass is 9.95. The van der Waals surface area contributed by atoms with Gasteiger partial charge >= 0.3 is 0 Å². The number of hydrogen-bond acceptors (Lipinski definition) is 6. The van der Waals surface area contributed by atoms with Crippen molar-refractivity contribution in [1.82, 2.24) is 19.7 Å². The van der Waals surface area contributed by atoms with Crippen LogP contribution in [0.25, 0.3) is 0 Å². The van der Waals surface area contributed by atoms with E-state index in [0.29, 0.717) is 5.88 Å². The van der Waals surface area contributed by atoms with Crippen LogP contribution in [0.1, 0.15) is 17.2 Å². The average Bonchev–Trinajstić information content (AvgIpc) is 3.20. The first-order valence-corrected chi connectivity index (χ1v) is 8.23. The minimum Gasteiger partial charge on any atom is -0.474 e. The summed E-state index contributed by atoms with van der Waals surface area (Å²) in [6, 6.07) is 10.5. The molecule has 1 aliphatic heterocycles. The Morgan fingerprint density at radius 3 is 2.96 bits per heavy atom. The van der Waals surface area contributed by atoms with Gasteiger partial charge in [-0.05, 0) is 17.2 Å². The molecule has 1 aliphatic rings. The lowest BCUT2D eigenvalue weighted by molar-refractivity contribution is 0.196. The van der Waals surface area contributed by atoms with Gasteiger partial charge in [0.2, 0.25) is 5.88 Å².